The number of amides is 1. The summed E-state index contributed by atoms with van der Waals surface area (Å²) in [6.07, 6.45) is 5.09. The standard InChI is InChI=1S/C16H19BrINO2/c1-6-13(18)16(5,11-8-7-9-12(17)10-11)19-14(20)21-15(2,3)4/h1,7-10,13H,2-5H3,(H,19,20). The number of nitrogens with one attached hydrogen (secondary N) is 1. The van der Waals surface area contributed by atoms with Gasteiger partial charge in [0.1, 0.15) is 5.60 Å². The van der Waals surface area contributed by atoms with Gasteiger partial charge in [-0.2, -0.15) is 0 Å². The van der Waals surface area contributed by atoms with Crippen molar-refractivity contribution in [3.63, 3.8) is 0 Å². The second kappa shape index (κ2) is 7.01. The zero-order chi connectivity index (χ0) is 16.3. The van der Waals surface area contributed by atoms with E-state index in [-0.39, 0.29) is 3.92 Å². The van der Waals surface area contributed by atoms with Gasteiger partial charge in [0, 0.05) is 4.47 Å². The van der Waals surface area contributed by atoms with E-state index in [1.54, 1.807) is 0 Å². The van der Waals surface area contributed by atoms with Gasteiger partial charge in [0.15, 0.2) is 0 Å². The Labute approximate surface area is 148 Å². The normalized spacial score (nSPS) is 15.5. The zero-order valence-electron chi connectivity index (χ0n) is 12.5. The van der Waals surface area contributed by atoms with Crippen LogP contribution in [0.25, 0.3) is 0 Å². The molecule has 1 amide bonds. The summed E-state index contributed by atoms with van der Waals surface area (Å²) >= 11 is 5.59. The molecule has 0 aliphatic heterocycles. The number of benzene rings is 1. The van der Waals surface area contributed by atoms with Crippen molar-refractivity contribution < 1.29 is 9.53 Å². The lowest BCUT2D eigenvalue weighted by Crippen LogP contribution is -2.50. The Kier molecular flexibility index (Phi) is 6.11. The Morgan fingerprint density at radius 1 is 1.43 bits per heavy atom. The van der Waals surface area contributed by atoms with Crippen LogP contribution in [0.4, 0.5) is 4.79 Å². The summed E-state index contributed by atoms with van der Waals surface area (Å²) in [7, 11) is 0. The molecule has 1 aromatic carbocycles. The maximum Gasteiger partial charge on any atom is 0.408 e. The third-order valence-corrected chi connectivity index (χ3v) is 4.94. The van der Waals surface area contributed by atoms with E-state index >= 15 is 0 Å². The van der Waals surface area contributed by atoms with Gasteiger partial charge in [-0.25, -0.2) is 4.79 Å². The molecule has 1 N–H and O–H groups in total. The molecule has 0 saturated heterocycles. The number of hydrogen-bond acceptors (Lipinski definition) is 2. The lowest BCUT2D eigenvalue weighted by atomic mass is 9.89. The fourth-order valence-electron chi connectivity index (χ4n) is 1.78. The third kappa shape index (κ3) is 5.19. The molecule has 21 heavy (non-hydrogen) atoms. The van der Waals surface area contributed by atoms with Crippen LogP contribution in [0, 0.1) is 12.3 Å². The van der Waals surface area contributed by atoms with Crippen LogP contribution in [0.1, 0.15) is 33.3 Å². The second-order valence-electron chi connectivity index (χ2n) is 5.87. The van der Waals surface area contributed by atoms with Gasteiger partial charge in [-0.3, -0.25) is 0 Å². The molecule has 2 atom stereocenters. The molecule has 1 rings (SSSR count). The largest absolute Gasteiger partial charge is 0.444 e. The van der Waals surface area contributed by atoms with Crippen molar-refractivity contribution in [3.8, 4) is 12.3 Å². The number of hydrogen-bond donors (Lipinski definition) is 1. The third-order valence-electron chi connectivity index (χ3n) is 2.84. The predicted octanol–water partition coefficient (Wildman–Crippen LogP) is 4.63. The van der Waals surface area contributed by atoms with Crippen LogP contribution in [0.15, 0.2) is 28.7 Å². The quantitative estimate of drug-likeness (QED) is 0.403. The molecule has 0 heterocycles. The molecule has 0 radical (unpaired) electrons. The van der Waals surface area contributed by atoms with Crippen molar-refractivity contribution in [2.75, 3.05) is 0 Å². The van der Waals surface area contributed by atoms with Gasteiger partial charge in [-0.05, 0) is 45.4 Å². The van der Waals surface area contributed by atoms with Crippen molar-refractivity contribution in [2.24, 2.45) is 0 Å². The molecule has 0 fully saturated rings. The molecular weight excluding hydrogens is 445 g/mol. The highest BCUT2D eigenvalue weighted by molar-refractivity contribution is 14.1. The Morgan fingerprint density at radius 3 is 2.52 bits per heavy atom. The molecule has 2 unspecified atom stereocenters. The summed E-state index contributed by atoms with van der Waals surface area (Å²) in [4.78, 5) is 12.1. The molecule has 114 valence electrons. The van der Waals surface area contributed by atoms with Crippen LogP contribution in [0.3, 0.4) is 0 Å². The summed E-state index contributed by atoms with van der Waals surface area (Å²) in [6.45, 7) is 7.37. The van der Waals surface area contributed by atoms with E-state index in [9.17, 15) is 4.79 Å². The van der Waals surface area contributed by atoms with E-state index in [4.69, 9.17) is 11.2 Å². The SMILES string of the molecule is C#CC(I)C(C)(NC(=O)OC(C)(C)C)c1cccc(Br)c1. The molecule has 0 bridgehead atoms. The summed E-state index contributed by atoms with van der Waals surface area (Å²) in [5.74, 6) is 2.69. The lowest BCUT2D eigenvalue weighted by Gasteiger charge is -2.34. The van der Waals surface area contributed by atoms with Gasteiger partial charge in [-0.1, -0.05) is 56.6 Å². The zero-order valence-corrected chi connectivity index (χ0v) is 16.3. The first-order valence-electron chi connectivity index (χ1n) is 6.46. The van der Waals surface area contributed by atoms with Crippen LogP contribution >= 0.6 is 38.5 Å². The van der Waals surface area contributed by atoms with Gasteiger partial charge in [0.25, 0.3) is 0 Å². The minimum absolute atomic E-state index is 0.225. The maximum atomic E-state index is 12.1. The smallest absolute Gasteiger partial charge is 0.408 e. The molecule has 0 saturated carbocycles. The molecule has 5 heteroatoms. The summed E-state index contributed by atoms with van der Waals surface area (Å²) in [5.41, 5.74) is -0.360. The summed E-state index contributed by atoms with van der Waals surface area (Å²) in [6, 6.07) is 7.72. The molecule has 1 aromatic rings. The summed E-state index contributed by atoms with van der Waals surface area (Å²) in [5, 5.41) is 2.91. The number of alkyl carbamates (subject to hydrolysis) is 1. The Hall–Kier alpha value is -0.740. The predicted molar refractivity (Wildman–Crippen MR) is 97.5 cm³/mol. The van der Waals surface area contributed by atoms with Crippen molar-refractivity contribution in [1.29, 1.82) is 0 Å². The van der Waals surface area contributed by atoms with Crippen LogP contribution in [-0.4, -0.2) is 15.6 Å². The number of alkyl halides is 1. The highest BCUT2D eigenvalue weighted by Crippen LogP contribution is 2.31. The highest BCUT2D eigenvalue weighted by Gasteiger charge is 2.36. The van der Waals surface area contributed by atoms with Crippen LogP contribution in [-0.2, 0) is 10.3 Å². The maximum absolute atomic E-state index is 12.1. The molecule has 0 aliphatic rings. The molecule has 3 nitrogen and oxygen atoms in total. The van der Waals surface area contributed by atoms with Gasteiger partial charge < -0.3 is 10.1 Å². The van der Waals surface area contributed by atoms with E-state index < -0.39 is 17.2 Å². The van der Waals surface area contributed by atoms with E-state index in [2.05, 4.69) is 49.8 Å². The molecule has 0 spiro atoms. The molecule has 0 aliphatic carbocycles. The van der Waals surface area contributed by atoms with Crippen LogP contribution in [0.5, 0.6) is 0 Å². The monoisotopic (exact) mass is 463 g/mol. The number of carbonyl (C=O) groups excluding carboxylic acids is 1. The van der Waals surface area contributed by atoms with Gasteiger partial charge in [0.2, 0.25) is 0 Å². The molecule has 0 aromatic heterocycles. The Bertz CT molecular complexity index is 562. The van der Waals surface area contributed by atoms with Crippen molar-refractivity contribution >= 4 is 44.6 Å². The Balaban J connectivity index is 3.12. The van der Waals surface area contributed by atoms with Crippen LogP contribution < -0.4 is 5.32 Å². The van der Waals surface area contributed by atoms with E-state index in [0.29, 0.717) is 0 Å². The number of carbonyl (C=O) groups is 1. The van der Waals surface area contributed by atoms with Crippen LogP contribution in [0.2, 0.25) is 0 Å². The first kappa shape index (κ1) is 18.3. The number of ether oxygens (including phenoxy) is 1. The van der Waals surface area contributed by atoms with Crippen molar-refractivity contribution in [3.05, 3.63) is 34.3 Å². The fraction of sp³-hybridized carbons (Fsp3) is 0.438. The number of terminal acetylenes is 1. The van der Waals surface area contributed by atoms with Gasteiger partial charge in [0.05, 0.1) is 9.46 Å². The van der Waals surface area contributed by atoms with E-state index in [0.717, 1.165) is 10.0 Å². The average molecular weight is 464 g/mol. The average Bonchev–Trinajstić information content (AvgIpc) is 2.35. The topological polar surface area (TPSA) is 38.3 Å². The second-order valence-corrected chi connectivity index (χ2v) is 8.03. The Morgan fingerprint density at radius 2 is 2.05 bits per heavy atom. The highest BCUT2D eigenvalue weighted by atomic mass is 127. The van der Waals surface area contributed by atoms with Gasteiger partial charge in [-0.15, -0.1) is 6.42 Å². The van der Waals surface area contributed by atoms with Gasteiger partial charge >= 0.3 is 6.09 Å². The van der Waals surface area contributed by atoms with E-state index in [1.165, 1.54) is 0 Å². The summed E-state index contributed by atoms with van der Waals surface area (Å²) < 4.78 is 6.05. The fourth-order valence-corrected chi connectivity index (χ4v) is 2.69. The minimum Gasteiger partial charge on any atom is -0.444 e. The lowest BCUT2D eigenvalue weighted by molar-refractivity contribution is 0.0467. The minimum atomic E-state index is -0.721. The van der Waals surface area contributed by atoms with Crippen molar-refractivity contribution in [1.82, 2.24) is 5.32 Å². The number of halogens is 2. The molecular formula is C16H19BrINO2. The van der Waals surface area contributed by atoms with Crippen molar-refractivity contribution in [2.45, 2.75) is 42.8 Å². The number of rotatable bonds is 3. The first-order valence-corrected chi connectivity index (χ1v) is 8.50. The first-order chi connectivity index (χ1) is 9.58. The van der Waals surface area contributed by atoms with E-state index in [1.807, 2.05) is 52.0 Å².